The van der Waals surface area contributed by atoms with Gasteiger partial charge >= 0.3 is 12.0 Å². The van der Waals surface area contributed by atoms with E-state index in [0.717, 1.165) is 18.8 Å². The fourth-order valence-electron chi connectivity index (χ4n) is 3.36. The molecule has 164 valence electrons. The molecular formula is C23H28N4O4. The van der Waals surface area contributed by atoms with E-state index in [1.54, 1.807) is 24.0 Å². The van der Waals surface area contributed by atoms with E-state index in [1.807, 2.05) is 36.4 Å². The van der Waals surface area contributed by atoms with Gasteiger partial charge in [-0.2, -0.15) is 0 Å². The molecule has 0 radical (unpaired) electrons. The zero-order valence-corrected chi connectivity index (χ0v) is 17.6. The molecule has 3 amide bonds. The Balaban J connectivity index is 1.34. The van der Waals surface area contributed by atoms with Gasteiger partial charge in [-0.1, -0.05) is 36.4 Å². The Morgan fingerprint density at radius 3 is 2.19 bits per heavy atom. The minimum absolute atomic E-state index is 0.0123. The fraction of sp³-hybridized carbons (Fsp3) is 0.348. The summed E-state index contributed by atoms with van der Waals surface area (Å²) in [5, 5.41) is 5.26. The average molecular weight is 425 g/mol. The largest absolute Gasteiger partial charge is 0.452 e. The van der Waals surface area contributed by atoms with E-state index in [2.05, 4.69) is 27.7 Å². The Kier molecular flexibility index (Phi) is 7.86. The van der Waals surface area contributed by atoms with Gasteiger partial charge in [-0.3, -0.25) is 9.59 Å². The number of piperazine rings is 1. The summed E-state index contributed by atoms with van der Waals surface area (Å²) in [6, 6.07) is 18.7. The van der Waals surface area contributed by atoms with Crippen molar-refractivity contribution in [2.24, 2.45) is 0 Å². The molecule has 1 atom stereocenters. The number of esters is 1. The Morgan fingerprint density at radius 2 is 1.55 bits per heavy atom. The van der Waals surface area contributed by atoms with E-state index in [1.165, 1.54) is 0 Å². The molecule has 0 unspecified atom stereocenters. The number of nitrogens with one attached hydrogen (secondary N) is 2. The van der Waals surface area contributed by atoms with Crippen molar-refractivity contribution in [3.8, 4) is 0 Å². The van der Waals surface area contributed by atoms with Gasteiger partial charge in [-0.15, -0.1) is 0 Å². The van der Waals surface area contributed by atoms with Crippen molar-refractivity contribution in [2.45, 2.75) is 19.4 Å². The van der Waals surface area contributed by atoms with E-state index in [4.69, 9.17) is 4.74 Å². The van der Waals surface area contributed by atoms with E-state index < -0.39 is 18.1 Å². The minimum Gasteiger partial charge on any atom is -0.452 e. The van der Waals surface area contributed by atoms with Gasteiger partial charge in [0.25, 0.3) is 5.91 Å². The molecule has 0 aliphatic carbocycles. The third-order valence-electron chi connectivity index (χ3n) is 5.02. The zero-order valence-electron chi connectivity index (χ0n) is 17.6. The van der Waals surface area contributed by atoms with Crippen molar-refractivity contribution in [1.82, 2.24) is 10.2 Å². The number of para-hydroxylation sites is 2. The number of amides is 3. The predicted octanol–water partition coefficient (Wildman–Crippen LogP) is 2.48. The lowest BCUT2D eigenvalue weighted by molar-refractivity contribution is -0.159. The fourth-order valence-corrected chi connectivity index (χ4v) is 3.36. The summed E-state index contributed by atoms with van der Waals surface area (Å²) in [5.74, 6) is -0.723. The van der Waals surface area contributed by atoms with E-state index in [-0.39, 0.29) is 18.9 Å². The zero-order chi connectivity index (χ0) is 22.1. The third kappa shape index (κ3) is 6.74. The van der Waals surface area contributed by atoms with Crippen LogP contribution >= 0.6 is 0 Å². The van der Waals surface area contributed by atoms with Crippen molar-refractivity contribution in [3.63, 3.8) is 0 Å². The number of benzene rings is 2. The van der Waals surface area contributed by atoms with Crippen LogP contribution in [0.25, 0.3) is 0 Å². The van der Waals surface area contributed by atoms with Crippen molar-refractivity contribution < 1.29 is 19.1 Å². The second-order valence-corrected chi connectivity index (χ2v) is 7.28. The van der Waals surface area contributed by atoms with Gasteiger partial charge in [-0.05, 0) is 31.2 Å². The Labute approximate surface area is 182 Å². The minimum atomic E-state index is -0.853. The van der Waals surface area contributed by atoms with Crippen LogP contribution in [0.5, 0.6) is 0 Å². The van der Waals surface area contributed by atoms with Crippen LogP contribution in [0.15, 0.2) is 60.7 Å². The Bertz CT molecular complexity index is 868. The molecule has 0 bridgehead atoms. The number of anilines is 2. The van der Waals surface area contributed by atoms with Gasteiger partial charge in [0.05, 0.1) is 6.42 Å². The molecule has 1 aliphatic rings. The number of carbonyl (C=O) groups is 3. The predicted molar refractivity (Wildman–Crippen MR) is 119 cm³/mol. The molecule has 0 spiro atoms. The molecule has 0 saturated carbocycles. The molecule has 0 aromatic heterocycles. The van der Waals surface area contributed by atoms with Crippen molar-refractivity contribution in [1.29, 1.82) is 0 Å². The molecule has 2 N–H and O–H groups in total. The molecule has 3 rings (SSSR count). The molecule has 31 heavy (non-hydrogen) atoms. The highest BCUT2D eigenvalue weighted by atomic mass is 16.5. The highest BCUT2D eigenvalue weighted by molar-refractivity contribution is 5.89. The quantitative estimate of drug-likeness (QED) is 0.667. The summed E-state index contributed by atoms with van der Waals surface area (Å²) < 4.78 is 5.26. The maximum absolute atomic E-state index is 12.6. The summed E-state index contributed by atoms with van der Waals surface area (Å²) >= 11 is 0. The van der Waals surface area contributed by atoms with Crippen LogP contribution in [0.1, 0.15) is 13.3 Å². The summed E-state index contributed by atoms with van der Waals surface area (Å²) in [7, 11) is 0. The average Bonchev–Trinajstić information content (AvgIpc) is 2.80. The summed E-state index contributed by atoms with van der Waals surface area (Å²) in [5.41, 5.74) is 1.80. The van der Waals surface area contributed by atoms with Crippen LogP contribution < -0.4 is 15.5 Å². The van der Waals surface area contributed by atoms with E-state index in [0.29, 0.717) is 18.8 Å². The number of hydrogen-bond acceptors (Lipinski definition) is 5. The van der Waals surface area contributed by atoms with Gasteiger partial charge in [0.1, 0.15) is 0 Å². The van der Waals surface area contributed by atoms with E-state index >= 15 is 0 Å². The molecular weight excluding hydrogens is 396 g/mol. The normalized spacial score (nSPS) is 14.5. The first-order valence-corrected chi connectivity index (χ1v) is 10.4. The number of hydrogen-bond donors (Lipinski definition) is 2. The maximum Gasteiger partial charge on any atom is 0.319 e. The lowest BCUT2D eigenvalue weighted by Gasteiger charge is -2.37. The molecule has 1 heterocycles. The van der Waals surface area contributed by atoms with Gasteiger partial charge in [0.2, 0.25) is 0 Å². The topological polar surface area (TPSA) is 91.0 Å². The SMILES string of the molecule is C[C@H](OC(=O)CCNC(=O)Nc1ccccc1)C(=O)N1CCN(c2ccccc2)CC1. The second kappa shape index (κ2) is 11.0. The summed E-state index contributed by atoms with van der Waals surface area (Å²) in [6.45, 7) is 4.33. The monoisotopic (exact) mass is 424 g/mol. The van der Waals surface area contributed by atoms with Gasteiger partial charge in [-0.25, -0.2) is 4.79 Å². The molecule has 8 nitrogen and oxygen atoms in total. The van der Waals surface area contributed by atoms with Crippen molar-refractivity contribution in [3.05, 3.63) is 60.7 Å². The smallest absolute Gasteiger partial charge is 0.319 e. The number of rotatable bonds is 7. The van der Waals surface area contributed by atoms with Crippen molar-refractivity contribution in [2.75, 3.05) is 42.9 Å². The van der Waals surface area contributed by atoms with Gasteiger partial charge in [0, 0.05) is 44.1 Å². The first kappa shape index (κ1) is 22.1. The standard InChI is InChI=1S/C23H28N4O4/c1-18(22(29)27-16-14-26(15-17-27)20-10-6-3-7-11-20)31-21(28)12-13-24-23(30)25-19-8-4-2-5-9-19/h2-11,18H,12-17H2,1H3,(H2,24,25,30)/t18-/m0/s1. The first-order valence-electron chi connectivity index (χ1n) is 10.4. The maximum atomic E-state index is 12.6. The summed E-state index contributed by atoms with van der Waals surface area (Å²) in [4.78, 5) is 40.4. The lowest BCUT2D eigenvalue weighted by Crippen LogP contribution is -2.51. The van der Waals surface area contributed by atoms with Crippen LogP contribution in [0.3, 0.4) is 0 Å². The van der Waals surface area contributed by atoms with Crippen LogP contribution in [0, 0.1) is 0 Å². The van der Waals surface area contributed by atoms with Crippen LogP contribution in [0.4, 0.5) is 16.2 Å². The molecule has 1 aliphatic heterocycles. The highest BCUT2D eigenvalue weighted by Gasteiger charge is 2.27. The third-order valence-corrected chi connectivity index (χ3v) is 5.02. The number of carbonyl (C=O) groups excluding carboxylic acids is 3. The van der Waals surface area contributed by atoms with Gasteiger partial charge in [0.15, 0.2) is 6.10 Å². The second-order valence-electron chi connectivity index (χ2n) is 7.28. The molecule has 2 aromatic carbocycles. The number of ether oxygens (including phenoxy) is 1. The van der Waals surface area contributed by atoms with Crippen LogP contribution in [-0.2, 0) is 14.3 Å². The van der Waals surface area contributed by atoms with Crippen molar-refractivity contribution >= 4 is 29.3 Å². The lowest BCUT2D eigenvalue weighted by atomic mass is 10.2. The van der Waals surface area contributed by atoms with E-state index in [9.17, 15) is 14.4 Å². The van der Waals surface area contributed by atoms with Crippen LogP contribution in [0.2, 0.25) is 0 Å². The highest BCUT2D eigenvalue weighted by Crippen LogP contribution is 2.16. The number of nitrogens with zero attached hydrogens (tertiary/aromatic N) is 2. The molecule has 1 fully saturated rings. The molecule has 2 aromatic rings. The Hall–Kier alpha value is -3.55. The number of urea groups is 1. The van der Waals surface area contributed by atoms with Crippen LogP contribution in [-0.4, -0.2) is 61.6 Å². The molecule has 1 saturated heterocycles. The molecule has 8 heteroatoms. The summed E-state index contributed by atoms with van der Waals surface area (Å²) in [6.07, 6.45) is -0.865. The first-order chi connectivity index (χ1) is 15.0. The van der Waals surface area contributed by atoms with Gasteiger partial charge < -0.3 is 25.2 Å². The Morgan fingerprint density at radius 1 is 0.935 bits per heavy atom.